The summed E-state index contributed by atoms with van der Waals surface area (Å²) in [4.78, 5) is 25.7. The lowest BCUT2D eigenvalue weighted by molar-refractivity contribution is -0.141. The Morgan fingerprint density at radius 3 is 2.83 bits per heavy atom. The van der Waals surface area contributed by atoms with Crippen LogP contribution in [0.15, 0.2) is 17.3 Å². The van der Waals surface area contributed by atoms with E-state index in [2.05, 4.69) is 30.9 Å². The van der Waals surface area contributed by atoms with Gasteiger partial charge >= 0.3 is 6.18 Å². The highest BCUT2D eigenvalue weighted by Gasteiger charge is 2.32. The van der Waals surface area contributed by atoms with Gasteiger partial charge < -0.3 is 20.9 Å². The van der Waals surface area contributed by atoms with Crippen LogP contribution in [-0.2, 0) is 11.0 Å². The van der Waals surface area contributed by atoms with Gasteiger partial charge in [0, 0.05) is 51.9 Å². The molecule has 1 fully saturated rings. The number of aliphatic imine (C=N–C) groups is 1. The number of carbonyl (C=O) groups excluding carboxylic acids is 1. The molecule has 3 N–H and O–H groups in total. The first-order valence-corrected chi connectivity index (χ1v) is 10.3. The van der Waals surface area contributed by atoms with Crippen LogP contribution >= 0.6 is 0 Å². The molecule has 0 radical (unpaired) electrons. The number of amides is 1. The molecule has 0 saturated carbocycles. The molecule has 1 aliphatic heterocycles. The van der Waals surface area contributed by atoms with Crippen LogP contribution in [0.5, 0.6) is 0 Å². The van der Waals surface area contributed by atoms with Crippen molar-refractivity contribution >= 4 is 17.8 Å². The van der Waals surface area contributed by atoms with Gasteiger partial charge in [0.15, 0.2) is 5.96 Å². The van der Waals surface area contributed by atoms with Crippen LogP contribution in [0.3, 0.4) is 0 Å². The van der Waals surface area contributed by atoms with Crippen molar-refractivity contribution in [2.75, 3.05) is 44.6 Å². The molecule has 11 heteroatoms. The van der Waals surface area contributed by atoms with Gasteiger partial charge in [-0.1, -0.05) is 6.42 Å². The number of anilines is 1. The fourth-order valence-corrected chi connectivity index (χ4v) is 3.03. The molecule has 0 aliphatic carbocycles. The maximum atomic E-state index is 12.7. The van der Waals surface area contributed by atoms with E-state index in [4.69, 9.17) is 0 Å². The van der Waals surface area contributed by atoms with E-state index in [1.54, 1.807) is 0 Å². The predicted molar refractivity (Wildman–Crippen MR) is 109 cm³/mol. The normalized spacial score (nSPS) is 15.7. The van der Waals surface area contributed by atoms with Crippen LogP contribution < -0.4 is 16.0 Å². The summed E-state index contributed by atoms with van der Waals surface area (Å²) < 4.78 is 38.0. The molecule has 0 spiro atoms. The smallest absolute Gasteiger partial charge is 0.357 e. The van der Waals surface area contributed by atoms with E-state index < -0.39 is 11.9 Å². The van der Waals surface area contributed by atoms with Crippen molar-refractivity contribution in [3.8, 4) is 0 Å². The summed E-state index contributed by atoms with van der Waals surface area (Å²) in [5, 5.41) is 8.99. The van der Waals surface area contributed by atoms with Crippen LogP contribution in [0.25, 0.3) is 0 Å². The summed E-state index contributed by atoms with van der Waals surface area (Å²) in [5.41, 5.74) is -0.981. The van der Waals surface area contributed by atoms with Gasteiger partial charge in [0.05, 0.1) is 0 Å². The number of nitrogens with one attached hydrogen (secondary N) is 3. The van der Waals surface area contributed by atoms with Gasteiger partial charge in [-0.15, -0.1) is 0 Å². The Hall–Kier alpha value is -2.59. The van der Waals surface area contributed by atoms with Crippen LogP contribution in [0.2, 0.25) is 0 Å². The molecule has 1 aromatic heterocycles. The van der Waals surface area contributed by atoms with Crippen molar-refractivity contribution in [1.29, 1.82) is 0 Å². The van der Waals surface area contributed by atoms with E-state index in [-0.39, 0.29) is 11.9 Å². The number of hydrogen-bond acceptors (Lipinski definition) is 5. The number of aromatic nitrogens is 2. The van der Waals surface area contributed by atoms with Crippen molar-refractivity contribution in [3.05, 3.63) is 18.0 Å². The number of rotatable bonds is 9. The molecule has 0 aromatic carbocycles. The summed E-state index contributed by atoms with van der Waals surface area (Å²) >= 11 is 0. The molecule has 8 nitrogen and oxygen atoms in total. The third-order valence-corrected chi connectivity index (χ3v) is 4.52. The number of halogens is 3. The number of hydrogen-bond donors (Lipinski definition) is 3. The highest BCUT2D eigenvalue weighted by molar-refractivity contribution is 5.79. The Morgan fingerprint density at radius 2 is 2.07 bits per heavy atom. The summed E-state index contributed by atoms with van der Waals surface area (Å²) in [7, 11) is 0. The second-order valence-corrected chi connectivity index (χ2v) is 6.92. The lowest BCUT2D eigenvalue weighted by Crippen LogP contribution is -2.40. The fourth-order valence-electron chi connectivity index (χ4n) is 3.03. The second-order valence-electron chi connectivity index (χ2n) is 6.92. The van der Waals surface area contributed by atoms with Gasteiger partial charge in [0.1, 0.15) is 5.69 Å². The minimum Gasteiger partial charge on any atom is -0.357 e. The molecule has 30 heavy (non-hydrogen) atoms. The van der Waals surface area contributed by atoms with Crippen molar-refractivity contribution in [2.45, 2.75) is 45.2 Å². The van der Waals surface area contributed by atoms with E-state index in [9.17, 15) is 18.0 Å². The molecule has 1 aromatic rings. The molecule has 0 unspecified atom stereocenters. The van der Waals surface area contributed by atoms with Gasteiger partial charge in [-0.3, -0.25) is 9.79 Å². The first-order valence-electron chi connectivity index (χ1n) is 10.3. The van der Waals surface area contributed by atoms with Gasteiger partial charge in [-0.05, 0) is 32.3 Å². The third kappa shape index (κ3) is 8.42. The SMILES string of the molecule is CCNC(=NCCCN1CCCCCC1=O)NCCNc1nccc(C(F)(F)F)n1. The molecule has 1 aliphatic rings. The quantitative estimate of drug-likeness (QED) is 0.317. The molecule has 2 heterocycles. The largest absolute Gasteiger partial charge is 0.433 e. The Kier molecular flexibility index (Phi) is 9.62. The summed E-state index contributed by atoms with van der Waals surface area (Å²) in [6.07, 6.45) is 1.12. The minimum atomic E-state index is -4.50. The van der Waals surface area contributed by atoms with Gasteiger partial charge in [-0.25, -0.2) is 9.97 Å². The van der Waals surface area contributed by atoms with Crippen molar-refractivity contribution in [2.24, 2.45) is 4.99 Å². The molecule has 1 saturated heterocycles. The number of carbonyl (C=O) groups is 1. The molecule has 0 bridgehead atoms. The Balaban J connectivity index is 1.72. The topological polar surface area (TPSA) is 94.5 Å². The average molecular weight is 429 g/mol. The van der Waals surface area contributed by atoms with Gasteiger partial charge in [0.25, 0.3) is 0 Å². The predicted octanol–water partition coefficient (Wildman–Crippen LogP) is 2.26. The highest BCUT2D eigenvalue weighted by atomic mass is 19.4. The lowest BCUT2D eigenvalue weighted by atomic mass is 10.2. The highest BCUT2D eigenvalue weighted by Crippen LogP contribution is 2.27. The minimum absolute atomic E-state index is 0.0734. The van der Waals surface area contributed by atoms with Gasteiger partial charge in [-0.2, -0.15) is 13.2 Å². The molecule has 0 atom stereocenters. The Morgan fingerprint density at radius 1 is 1.23 bits per heavy atom. The van der Waals surface area contributed by atoms with E-state index >= 15 is 0 Å². The number of alkyl halides is 3. The molecule has 168 valence electrons. The van der Waals surface area contributed by atoms with E-state index in [1.807, 2.05) is 11.8 Å². The Bertz CT molecular complexity index is 697. The van der Waals surface area contributed by atoms with Crippen LogP contribution in [-0.4, -0.2) is 66.0 Å². The molecule has 2 rings (SSSR count). The fraction of sp³-hybridized carbons (Fsp3) is 0.684. The molecular weight excluding hydrogens is 399 g/mol. The monoisotopic (exact) mass is 429 g/mol. The summed E-state index contributed by atoms with van der Waals surface area (Å²) in [5.74, 6) is 0.770. The zero-order chi connectivity index (χ0) is 21.8. The Labute approximate surface area is 174 Å². The van der Waals surface area contributed by atoms with Crippen molar-refractivity contribution < 1.29 is 18.0 Å². The van der Waals surface area contributed by atoms with E-state index in [0.717, 1.165) is 44.5 Å². The second kappa shape index (κ2) is 12.2. The number of likely N-dealkylation sites (tertiary alicyclic amines) is 1. The van der Waals surface area contributed by atoms with Crippen molar-refractivity contribution in [3.63, 3.8) is 0 Å². The average Bonchev–Trinajstić information content (AvgIpc) is 2.92. The molecule has 1 amide bonds. The summed E-state index contributed by atoms with van der Waals surface area (Å²) in [6.45, 7) is 5.48. The van der Waals surface area contributed by atoms with E-state index in [1.165, 1.54) is 0 Å². The maximum absolute atomic E-state index is 12.7. The third-order valence-electron chi connectivity index (χ3n) is 4.52. The summed E-state index contributed by atoms with van der Waals surface area (Å²) in [6, 6.07) is 0.832. The first-order chi connectivity index (χ1) is 14.4. The van der Waals surface area contributed by atoms with Crippen LogP contribution in [0, 0.1) is 0 Å². The zero-order valence-electron chi connectivity index (χ0n) is 17.3. The van der Waals surface area contributed by atoms with E-state index in [0.29, 0.717) is 45.1 Å². The van der Waals surface area contributed by atoms with Crippen molar-refractivity contribution in [1.82, 2.24) is 25.5 Å². The zero-order valence-corrected chi connectivity index (χ0v) is 17.3. The first kappa shape index (κ1) is 23.7. The van der Waals surface area contributed by atoms with Crippen LogP contribution in [0.4, 0.5) is 19.1 Å². The maximum Gasteiger partial charge on any atom is 0.433 e. The number of nitrogens with zero attached hydrogens (tertiary/aromatic N) is 4. The van der Waals surface area contributed by atoms with Gasteiger partial charge in [0.2, 0.25) is 11.9 Å². The number of guanidine groups is 1. The lowest BCUT2D eigenvalue weighted by Gasteiger charge is -2.20. The van der Waals surface area contributed by atoms with Crippen LogP contribution in [0.1, 0.15) is 44.7 Å². The molecular formula is C19H30F3N7O. The standard InChI is InChI=1S/C19H30F3N7O/c1-2-23-17(24-9-6-14-29-13-5-3-4-7-16(29)30)26-11-12-27-18-25-10-8-15(28-18)19(20,21)22/h8,10H,2-7,9,11-14H2,1H3,(H2,23,24,26)(H,25,27,28).